The molecule has 1 amide bonds. The SMILES string of the molecule is CCOc1cc(C(=O)N/N=c2\sc3ccccc3n2C)ccc1OC(F)F. The van der Waals surface area contributed by atoms with E-state index in [0.29, 0.717) is 4.80 Å². The van der Waals surface area contributed by atoms with Crippen molar-refractivity contribution in [1.29, 1.82) is 0 Å². The average molecular weight is 393 g/mol. The molecule has 3 aromatic rings. The Morgan fingerprint density at radius 3 is 2.74 bits per heavy atom. The Balaban J connectivity index is 1.84. The Kier molecular flexibility index (Phi) is 5.70. The second kappa shape index (κ2) is 8.17. The second-order valence-electron chi connectivity index (χ2n) is 5.44. The van der Waals surface area contributed by atoms with Crippen molar-refractivity contribution in [3.05, 3.63) is 52.8 Å². The Bertz CT molecular complexity index is 1030. The number of hydrogen-bond acceptors (Lipinski definition) is 5. The Morgan fingerprint density at radius 1 is 1.26 bits per heavy atom. The molecule has 3 rings (SSSR count). The van der Waals surface area contributed by atoms with E-state index >= 15 is 0 Å². The summed E-state index contributed by atoms with van der Waals surface area (Å²) in [4.78, 5) is 13.0. The number of thiazole rings is 1. The Labute approximate surface area is 157 Å². The van der Waals surface area contributed by atoms with Gasteiger partial charge >= 0.3 is 6.61 Å². The number of fused-ring (bicyclic) bond motifs is 1. The number of nitrogens with one attached hydrogen (secondary N) is 1. The normalized spacial score (nSPS) is 11.8. The predicted molar refractivity (Wildman–Crippen MR) is 98.1 cm³/mol. The van der Waals surface area contributed by atoms with Gasteiger partial charge in [-0.3, -0.25) is 4.79 Å². The van der Waals surface area contributed by atoms with Crippen LogP contribution in [0.25, 0.3) is 10.2 Å². The molecule has 9 heteroatoms. The summed E-state index contributed by atoms with van der Waals surface area (Å²) in [5, 5.41) is 4.16. The number of halogens is 2. The zero-order valence-electron chi connectivity index (χ0n) is 14.6. The lowest BCUT2D eigenvalue weighted by atomic mass is 10.2. The fourth-order valence-corrected chi connectivity index (χ4v) is 3.44. The quantitative estimate of drug-likeness (QED) is 0.652. The number of benzene rings is 2. The highest BCUT2D eigenvalue weighted by Gasteiger charge is 2.14. The molecular formula is C18H17F2N3O3S. The number of carbonyl (C=O) groups is 1. The van der Waals surface area contributed by atoms with Gasteiger partial charge in [0, 0.05) is 12.6 Å². The number of alkyl halides is 2. The molecule has 0 radical (unpaired) electrons. The van der Waals surface area contributed by atoms with Gasteiger partial charge in [0.2, 0.25) is 4.80 Å². The number of ether oxygens (including phenoxy) is 2. The largest absolute Gasteiger partial charge is 0.490 e. The third-order valence-electron chi connectivity index (χ3n) is 3.69. The Morgan fingerprint density at radius 2 is 2.04 bits per heavy atom. The summed E-state index contributed by atoms with van der Waals surface area (Å²) in [6.45, 7) is -1.03. The molecule has 0 saturated carbocycles. The van der Waals surface area contributed by atoms with E-state index in [1.165, 1.54) is 29.5 Å². The van der Waals surface area contributed by atoms with Crippen LogP contribution >= 0.6 is 11.3 Å². The van der Waals surface area contributed by atoms with E-state index in [-0.39, 0.29) is 23.7 Å². The van der Waals surface area contributed by atoms with E-state index in [4.69, 9.17) is 4.74 Å². The maximum Gasteiger partial charge on any atom is 0.387 e. The predicted octanol–water partition coefficient (Wildman–Crippen LogP) is 3.49. The summed E-state index contributed by atoms with van der Waals surface area (Å²) in [5.41, 5.74) is 3.70. The van der Waals surface area contributed by atoms with Gasteiger partial charge in [0.1, 0.15) is 0 Å². The molecule has 0 fully saturated rings. The van der Waals surface area contributed by atoms with E-state index in [1.807, 2.05) is 35.9 Å². The highest BCUT2D eigenvalue weighted by Crippen LogP contribution is 2.29. The van der Waals surface area contributed by atoms with Crippen LogP contribution in [0, 0.1) is 0 Å². The first kappa shape index (κ1) is 18.8. The molecule has 0 aliphatic heterocycles. The van der Waals surface area contributed by atoms with Gasteiger partial charge in [-0.1, -0.05) is 23.5 Å². The molecule has 0 bridgehead atoms. The summed E-state index contributed by atoms with van der Waals surface area (Å²) in [6, 6.07) is 11.8. The van der Waals surface area contributed by atoms with Crippen LogP contribution in [0.4, 0.5) is 8.78 Å². The third kappa shape index (κ3) is 4.25. The van der Waals surface area contributed by atoms with Gasteiger partial charge in [-0.25, -0.2) is 5.43 Å². The van der Waals surface area contributed by atoms with Crippen LogP contribution in [0.5, 0.6) is 11.5 Å². The number of nitrogens with zero attached hydrogens (tertiary/aromatic N) is 2. The standard InChI is InChI=1S/C18H17F2N3O3S/c1-3-25-14-10-11(8-9-13(14)26-17(19)20)16(24)21-22-18-23(2)12-6-4-5-7-15(12)27-18/h4-10,17H,3H2,1-2H3,(H,21,24)/b22-18-. The smallest absolute Gasteiger partial charge is 0.387 e. The van der Waals surface area contributed by atoms with E-state index in [1.54, 1.807) is 6.92 Å². The second-order valence-corrected chi connectivity index (χ2v) is 6.45. The van der Waals surface area contributed by atoms with Gasteiger partial charge in [0.05, 0.1) is 16.8 Å². The molecule has 6 nitrogen and oxygen atoms in total. The van der Waals surface area contributed by atoms with Crippen molar-refractivity contribution in [2.75, 3.05) is 6.61 Å². The molecule has 0 saturated heterocycles. The van der Waals surface area contributed by atoms with Crippen LogP contribution < -0.4 is 19.7 Å². The molecule has 0 atom stereocenters. The first-order chi connectivity index (χ1) is 13.0. The lowest BCUT2D eigenvalue weighted by Gasteiger charge is -2.12. The summed E-state index contributed by atoms with van der Waals surface area (Å²) in [7, 11) is 1.85. The van der Waals surface area contributed by atoms with Crippen molar-refractivity contribution in [3.63, 3.8) is 0 Å². The summed E-state index contributed by atoms with van der Waals surface area (Å²) >= 11 is 1.44. The maximum absolute atomic E-state index is 12.5. The van der Waals surface area contributed by atoms with Crippen molar-refractivity contribution in [2.45, 2.75) is 13.5 Å². The third-order valence-corrected chi connectivity index (χ3v) is 4.80. The number of para-hydroxylation sites is 1. The molecule has 27 heavy (non-hydrogen) atoms. The first-order valence-corrected chi connectivity index (χ1v) is 8.91. The van der Waals surface area contributed by atoms with Crippen molar-refractivity contribution < 1.29 is 23.0 Å². The molecular weight excluding hydrogens is 376 g/mol. The van der Waals surface area contributed by atoms with Gasteiger partial charge < -0.3 is 14.0 Å². The molecule has 1 N–H and O–H groups in total. The molecule has 2 aromatic carbocycles. The van der Waals surface area contributed by atoms with Crippen LogP contribution in [0.15, 0.2) is 47.6 Å². The van der Waals surface area contributed by atoms with Crippen molar-refractivity contribution in [3.8, 4) is 11.5 Å². The monoisotopic (exact) mass is 393 g/mol. The van der Waals surface area contributed by atoms with E-state index in [9.17, 15) is 13.6 Å². The van der Waals surface area contributed by atoms with Gasteiger partial charge in [-0.15, -0.1) is 5.10 Å². The van der Waals surface area contributed by atoms with E-state index in [2.05, 4.69) is 15.3 Å². The van der Waals surface area contributed by atoms with Gasteiger partial charge in [0.15, 0.2) is 11.5 Å². The fourth-order valence-electron chi connectivity index (χ4n) is 2.46. The molecule has 1 aromatic heterocycles. The average Bonchev–Trinajstić information content (AvgIpc) is 2.97. The minimum absolute atomic E-state index is 0.0675. The lowest BCUT2D eigenvalue weighted by molar-refractivity contribution is -0.0514. The van der Waals surface area contributed by atoms with Gasteiger partial charge in [-0.05, 0) is 37.3 Å². The first-order valence-electron chi connectivity index (χ1n) is 8.10. The van der Waals surface area contributed by atoms with Crippen LogP contribution in [0.3, 0.4) is 0 Å². The van der Waals surface area contributed by atoms with Crippen LogP contribution in [-0.4, -0.2) is 23.7 Å². The highest BCUT2D eigenvalue weighted by molar-refractivity contribution is 7.16. The summed E-state index contributed by atoms with van der Waals surface area (Å²) in [6.07, 6.45) is 0. The molecule has 0 aliphatic rings. The minimum atomic E-state index is -2.98. The maximum atomic E-state index is 12.5. The molecule has 1 heterocycles. The minimum Gasteiger partial charge on any atom is -0.490 e. The zero-order valence-corrected chi connectivity index (χ0v) is 15.4. The fraction of sp³-hybridized carbons (Fsp3) is 0.222. The van der Waals surface area contributed by atoms with Crippen LogP contribution in [0.1, 0.15) is 17.3 Å². The van der Waals surface area contributed by atoms with Gasteiger partial charge in [0.25, 0.3) is 5.91 Å². The topological polar surface area (TPSA) is 64.8 Å². The van der Waals surface area contributed by atoms with E-state index in [0.717, 1.165) is 10.2 Å². The molecule has 142 valence electrons. The molecule has 0 unspecified atom stereocenters. The van der Waals surface area contributed by atoms with Gasteiger partial charge in [-0.2, -0.15) is 8.78 Å². The number of hydrogen-bond donors (Lipinski definition) is 1. The number of aromatic nitrogens is 1. The van der Waals surface area contributed by atoms with Crippen LogP contribution in [-0.2, 0) is 7.05 Å². The Hall–Kier alpha value is -2.94. The van der Waals surface area contributed by atoms with Crippen molar-refractivity contribution >= 4 is 27.5 Å². The number of rotatable bonds is 6. The van der Waals surface area contributed by atoms with Crippen molar-refractivity contribution in [1.82, 2.24) is 9.99 Å². The number of carbonyl (C=O) groups excluding carboxylic acids is 1. The van der Waals surface area contributed by atoms with E-state index < -0.39 is 12.5 Å². The number of amides is 1. The summed E-state index contributed by atoms with van der Waals surface area (Å²) in [5.74, 6) is -0.550. The molecule has 0 spiro atoms. The van der Waals surface area contributed by atoms with Crippen LogP contribution in [0.2, 0.25) is 0 Å². The number of aryl methyl sites for hydroxylation is 1. The zero-order chi connectivity index (χ0) is 19.4. The highest BCUT2D eigenvalue weighted by atomic mass is 32.1. The lowest BCUT2D eigenvalue weighted by Crippen LogP contribution is -2.23. The molecule has 0 aliphatic carbocycles. The van der Waals surface area contributed by atoms with Crippen molar-refractivity contribution in [2.24, 2.45) is 12.1 Å². The summed E-state index contributed by atoms with van der Waals surface area (Å²) < 4.78 is 37.5.